The van der Waals surface area contributed by atoms with Crippen LogP contribution in [0.1, 0.15) is 31.3 Å². The van der Waals surface area contributed by atoms with Gasteiger partial charge in [-0.3, -0.25) is 4.68 Å². The van der Waals surface area contributed by atoms with Gasteiger partial charge in [0, 0.05) is 7.05 Å². The third-order valence-corrected chi connectivity index (χ3v) is 1.21. The van der Waals surface area contributed by atoms with Crippen LogP contribution in [0, 0.1) is 0 Å². The second-order valence-electron chi connectivity index (χ2n) is 3.78. The number of rotatable bonds is 1. The van der Waals surface area contributed by atoms with Gasteiger partial charge < -0.3 is 4.74 Å². The Balaban J connectivity index is 2.70. The maximum Gasteiger partial charge on any atom is 0.361 e. The Morgan fingerprint density at radius 2 is 2.15 bits per heavy atom. The molecule has 0 aliphatic heterocycles. The number of esters is 1. The lowest BCUT2D eigenvalue weighted by Gasteiger charge is -2.18. The number of hydrogen-bond acceptors (Lipinski definition) is 4. The quantitative estimate of drug-likeness (QED) is 0.603. The SMILES string of the molecule is Cn1cc(C(=O)OC(C)(C)C)nn1. The zero-order chi connectivity index (χ0) is 10.1. The molecule has 72 valence electrons. The van der Waals surface area contributed by atoms with Gasteiger partial charge in [-0.2, -0.15) is 0 Å². The van der Waals surface area contributed by atoms with Gasteiger partial charge in [0.25, 0.3) is 0 Å². The van der Waals surface area contributed by atoms with E-state index in [0.29, 0.717) is 0 Å². The fraction of sp³-hybridized carbons (Fsp3) is 0.625. The van der Waals surface area contributed by atoms with E-state index in [1.54, 1.807) is 27.8 Å². The van der Waals surface area contributed by atoms with Gasteiger partial charge in [0.2, 0.25) is 0 Å². The smallest absolute Gasteiger partial charge is 0.361 e. The third-order valence-electron chi connectivity index (χ3n) is 1.21. The number of carbonyl (C=O) groups excluding carboxylic acids is 1. The number of ether oxygens (including phenoxy) is 1. The van der Waals surface area contributed by atoms with Gasteiger partial charge in [-0.15, -0.1) is 5.10 Å². The Kier molecular flexibility index (Phi) is 2.36. The van der Waals surface area contributed by atoms with Crippen molar-refractivity contribution in [1.82, 2.24) is 15.0 Å². The number of aromatic nitrogens is 3. The highest BCUT2D eigenvalue weighted by Crippen LogP contribution is 2.09. The van der Waals surface area contributed by atoms with Gasteiger partial charge in [0.15, 0.2) is 5.69 Å². The lowest BCUT2D eigenvalue weighted by molar-refractivity contribution is 0.00627. The standard InChI is InChI=1S/C8H13N3O2/c1-8(2,3)13-7(12)6-5-11(4)10-9-6/h5H,1-4H3. The van der Waals surface area contributed by atoms with Crippen molar-refractivity contribution in [3.63, 3.8) is 0 Å². The molecule has 0 aliphatic carbocycles. The first-order valence-corrected chi connectivity index (χ1v) is 3.98. The molecule has 0 fully saturated rings. The van der Waals surface area contributed by atoms with Crippen LogP contribution in [0.25, 0.3) is 0 Å². The zero-order valence-corrected chi connectivity index (χ0v) is 8.24. The summed E-state index contributed by atoms with van der Waals surface area (Å²) >= 11 is 0. The van der Waals surface area contributed by atoms with E-state index in [-0.39, 0.29) is 5.69 Å². The molecule has 0 amide bonds. The summed E-state index contributed by atoms with van der Waals surface area (Å²) < 4.78 is 6.54. The third kappa shape index (κ3) is 2.85. The van der Waals surface area contributed by atoms with Crippen molar-refractivity contribution in [1.29, 1.82) is 0 Å². The molecule has 0 radical (unpaired) electrons. The number of hydrogen-bond donors (Lipinski definition) is 0. The summed E-state index contributed by atoms with van der Waals surface area (Å²) in [5.74, 6) is -0.444. The molecule has 1 aromatic heterocycles. The van der Waals surface area contributed by atoms with Crippen LogP contribution in [-0.4, -0.2) is 26.6 Å². The first-order chi connectivity index (χ1) is 5.88. The zero-order valence-electron chi connectivity index (χ0n) is 8.24. The van der Waals surface area contributed by atoms with Crippen LogP contribution in [0.4, 0.5) is 0 Å². The molecule has 1 aromatic rings. The fourth-order valence-electron chi connectivity index (χ4n) is 0.771. The van der Waals surface area contributed by atoms with Crippen molar-refractivity contribution in [2.24, 2.45) is 7.05 Å². The lowest BCUT2D eigenvalue weighted by Crippen LogP contribution is -2.24. The molecule has 0 bridgehead atoms. The normalized spacial score (nSPS) is 11.4. The van der Waals surface area contributed by atoms with Crippen molar-refractivity contribution >= 4 is 5.97 Å². The van der Waals surface area contributed by atoms with Crippen LogP contribution < -0.4 is 0 Å². The summed E-state index contributed by atoms with van der Waals surface area (Å²) in [6, 6.07) is 0. The number of carbonyl (C=O) groups is 1. The van der Waals surface area contributed by atoms with Crippen molar-refractivity contribution in [3.8, 4) is 0 Å². The van der Waals surface area contributed by atoms with E-state index < -0.39 is 11.6 Å². The largest absolute Gasteiger partial charge is 0.455 e. The highest BCUT2D eigenvalue weighted by Gasteiger charge is 2.19. The fourth-order valence-corrected chi connectivity index (χ4v) is 0.771. The molecule has 5 nitrogen and oxygen atoms in total. The lowest BCUT2D eigenvalue weighted by atomic mass is 10.2. The first-order valence-electron chi connectivity index (χ1n) is 3.98. The van der Waals surface area contributed by atoms with Gasteiger partial charge in [0.05, 0.1) is 6.20 Å². The van der Waals surface area contributed by atoms with E-state index >= 15 is 0 Å². The molecule has 0 aliphatic rings. The highest BCUT2D eigenvalue weighted by molar-refractivity contribution is 5.86. The molecule has 13 heavy (non-hydrogen) atoms. The Bertz CT molecular complexity index is 311. The summed E-state index contributed by atoms with van der Waals surface area (Å²) in [4.78, 5) is 11.3. The van der Waals surface area contributed by atoms with Crippen molar-refractivity contribution in [3.05, 3.63) is 11.9 Å². The summed E-state index contributed by atoms with van der Waals surface area (Å²) in [6.45, 7) is 5.42. The summed E-state index contributed by atoms with van der Waals surface area (Å²) in [5.41, 5.74) is -0.258. The van der Waals surface area contributed by atoms with Crippen LogP contribution in [0.3, 0.4) is 0 Å². The maximum absolute atomic E-state index is 11.3. The van der Waals surface area contributed by atoms with E-state index in [0.717, 1.165) is 0 Å². The van der Waals surface area contributed by atoms with Gasteiger partial charge in [-0.05, 0) is 20.8 Å². The van der Waals surface area contributed by atoms with Crippen molar-refractivity contribution in [2.75, 3.05) is 0 Å². The van der Waals surface area contributed by atoms with Gasteiger partial charge in [0.1, 0.15) is 5.60 Å². The summed E-state index contributed by atoms with van der Waals surface area (Å²) in [5, 5.41) is 7.27. The minimum Gasteiger partial charge on any atom is -0.455 e. The molecule has 0 saturated carbocycles. The van der Waals surface area contributed by atoms with Gasteiger partial charge in [-0.25, -0.2) is 4.79 Å². The minimum absolute atomic E-state index is 0.234. The Labute approximate surface area is 76.7 Å². The van der Waals surface area contributed by atoms with Crippen molar-refractivity contribution in [2.45, 2.75) is 26.4 Å². The number of aryl methyl sites for hydroxylation is 1. The van der Waals surface area contributed by atoms with Crippen LogP contribution in [0.5, 0.6) is 0 Å². The van der Waals surface area contributed by atoms with E-state index in [1.165, 1.54) is 10.9 Å². The molecule has 5 heteroatoms. The Morgan fingerprint density at radius 3 is 2.54 bits per heavy atom. The first kappa shape index (κ1) is 9.70. The molecule has 0 spiro atoms. The summed E-state index contributed by atoms with van der Waals surface area (Å²) in [6.07, 6.45) is 1.52. The van der Waals surface area contributed by atoms with E-state index in [2.05, 4.69) is 10.3 Å². The topological polar surface area (TPSA) is 57.0 Å². The van der Waals surface area contributed by atoms with E-state index in [4.69, 9.17) is 4.74 Å². The second-order valence-corrected chi connectivity index (χ2v) is 3.78. The van der Waals surface area contributed by atoms with Crippen LogP contribution in [-0.2, 0) is 11.8 Å². The van der Waals surface area contributed by atoms with Crippen LogP contribution >= 0.6 is 0 Å². The molecule has 1 heterocycles. The minimum atomic E-state index is -0.491. The average Bonchev–Trinajstić information content (AvgIpc) is 2.31. The monoisotopic (exact) mass is 183 g/mol. The predicted octanol–water partition coefficient (Wildman–Crippen LogP) is 0.770. The second kappa shape index (κ2) is 3.16. The molecule has 0 unspecified atom stereocenters. The molecule has 0 N–H and O–H groups in total. The molecule has 0 saturated heterocycles. The molecule has 1 rings (SSSR count). The molecule has 0 atom stereocenters. The van der Waals surface area contributed by atoms with E-state index in [1.807, 2.05) is 0 Å². The number of nitrogens with zero attached hydrogens (tertiary/aromatic N) is 3. The van der Waals surface area contributed by atoms with Crippen LogP contribution in [0.15, 0.2) is 6.20 Å². The van der Waals surface area contributed by atoms with Gasteiger partial charge >= 0.3 is 5.97 Å². The summed E-state index contributed by atoms with van der Waals surface area (Å²) in [7, 11) is 1.70. The molecular formula is C8H13N3O2. The van der Waals surface area contributed by atoms with Crippen LogP contribution in [0.2, 0.25) is 0 Å². The Hall–Kier alpha value is -1.39. The molecular weight excluding hydrogens is 170 g/mol. The Morgan fingerprint density at radius 1 is 1.54 bits per heavy atom. The van der Waals surface area contributed by atoms with E-state index in [9.17, 15) is 4.79 Å². The van der Waals surface area contributed by atoms with Gasteiger partial charge in [-0.1, -0.05) is 5.21 Å². The highest BCUT2D eigenvalue weighted by atomic mass is 16.6. The average molecular weight is 183 g/mol. The predicted molar refractivity (Wildman–Crippen MR) is 46.2 cm³/mol. The molecule has 0 aromatic carbocycles. The van der Waals surface area contributed by atoms with Crippen molar-refractivity contribution < 1.29 is 9.53 Å². The maximum atomic E-state index is 11.3.